The molecular weight excluding hydrogens is 315 g/mol. The molecule has 10 heteroatoms. The Labute approximate surface area is 121 Å². The monoisotopic (exact) mass is 326 g/mol. The summed E-state index contributed by atoms with van der Waals surface area (Å²) >= 11 is 0. The lowest BCUT2D eigenvalue weighted by atomic mass is 10.1. The number of urea groups is 1. The molecule has 0 saturated carbocycles. The number of carbonyl (C=O) groups is 2. The van der Waals surface area contributed by atoms with Crippen LogP contribution >= 0.6 is 0 Å². The summed E-state index contributed by atoms with van der Waals surface area (Å²) in [7, 11) is 0. The number of amides is 2. The number of hydrogen-bond acceptors (Lipinski definition) is 2. The van der Waals surface area contributed by atoms with Gasteiger partial charge in [0.1, 0.15) is 0 Å². The molecule has 1 unspecified atom stereocenters. The van der Waals surface area contributed by atoms with Crippen molar-refractivity contribution < 1.29 is 36.6 Å². The van der Waals surface area contributed by atoms with Crippen molar-refractivity contribution in [2.75, 3.05) is 6.54 Å². The summed E-state index contributed by atoms with van der Waals surface area (Å²) in [6, 6.07) is -1.93. The third-order valence-electron chi connectivity index (χ3n) is 2.52. The van der Waals surface area contributed by atoms with Crippen LogP contribution in [-0.2, 0) is 4.79 Å². The number of halogens is 5. The Balaban J connectivity index is 2.89. The Morgan fingerprint density at radius 1 is 1.23 bits per heavy atom. The molecule has 0 heterocycles. The van der Waals surface area contributed by atoms with E-state index in [1.54, 1.807) is 0 Å². The highest BCUT2D eigenvalue weighted by atomic mass is 19.4. The summed E-state index contributed by atoms with van der Waals surface area (Å²) < 4.78 is 65.2. The minimum atomic E-state index is -5.07. The van der Waals surface area contributed by atoms with E-state index in [1.807, 2.05) is 5.32 Å². The fourth-order valence-corrected chi connectivity index (χ4v) is 1.54. The maximum atomic E-state index is 13.5. The van der Waals surface area contributed by atoms with E-state index in [1.165, 1.54) is 5.32 Å². The molecule has 0 saturated heterocycles. The van der Waals surface area contributed by atoms with E-state index in [0.29, 0.717) is 12.1 Å². The van der Waals surface area contributed by atoms with E-state index in [9.17, 15) is 31.5 Å². The molecule has 0 spiro atoms. The number of hydrogen-bond donors (Lipinski definition) is 3. The van der Waals surface area contributed by atoms with Gasteiger partial charge in [-0.3, -0.25) is 4.79 Å². The van der Waals surface area contributed by atoms with Gasteiger partial charge in [-0.15, -0.1) is 0 Å². The normalized spacial score (nSPS) is 12.6. The molecule has 122 valence electrons. The number of carbonyl (C=O) groups excluding carboxylic acids is 1. The lowest BCUT2D eigenvalue weighted by Gasteiger charge is -2.22. The molecule has 0 aromatic heterocycles. The van der Waals surface area contributed by atoms with Gasteiger partial charge in [0.2, 0.25) is 0 Å². The van der Waals surface area contributed by atoms with E-state index in [0.717, 1.165) is 6.07 Å². The number of rotatable bonds is 5. The summed E-state index contributed by atoms with van der Waals surface area (Å²) in [5.41, 5.74) is -1.08. The highest BCUT2D eigenvalue weighted by Crippen LogP contribution is 2.34. The molecule has 0 radical (unpaired) electrons. The first-order valence-corrected chi connectivity index (χ1v) is 5.89. The van der Waals surface area contributed by atoms with Gasteiger partial charge in [-0.2, -0.15) is 13.2 Å². The summed E-state index contributed by atoms with van der Waals surface area (Å²) in [4.78, 5) is 21.5. The molecule has 2 amide bonds. The fourth-order valence-electron chi connectivity index (χ4n) is 1.54. The second-order valence-corrected chi connectivity index (χ2v) is 4.16. The minimum absolute atomic E-state index is 0.419. The smallest absolute Gasteiger partial charge is 0.413 e. The Hall–Kier alpha value is -2.39. The van der Waals surface area contributed by atoms with Gasteiger partial charge in [0.05, 0.1) is 6.42 Å². The van der Waals surface area contributed by atoms with Gasteiger partial charge < -0.3 is 15.7 Å². The topological polar surface area (TPSA) is 78.4 Å². The van der Waals surface area contributed by atoms with Gasteiger partial charge >= 0.3 is 18.2 Å². The molecule has 22 heavy (non-hydrogen) atoms. The van der Waals surface area contributed by atoms with Crippen LogP contribution in [0.15, 0.2) is 18.2 Å². The molecule has 5 nitrogen and oxygen atoms in total. The van der Waals surface area contributed by atoms with E-state index in [-0.39, 0.29) is 0 Å². The molecule has 1 rings (SSSR count). The lowest BCUT2D eigenvalue weighted by Crippen LogP contribution is -2.44. The molecular formula is C12H11F5N2O3. The van der Waals surface area contributed by atoms with Gasteiger partial charge in [-0.1, -0.05) is 12.1 Å². The molecule has 0 aliphatic carbocycles. The van der Waals surface area contributed by atoms with Crippen molar-refractivity contribution >= 4 is 12.0 Å². The standard InChI is InChI=1S/C12H11F5N2O3/c13-7-3-1-2-6(9(7)14)10(12(15,16)17)19-11(22)18-5-4-8(20)21/h1-3,10H,4-5H2,(H,20,21)(H2,18,19,22). The average Bonchev–Trinajstić information content (AvgIpc) is 2.38. The van der Waals surface area contributed by atoms with E-state index >= 15 is 0 Å². The van der Waals surface area contributed by atoms with Crippen LogP contribution in [0.3, 0.4) is 0 Å². The third-order valence-corrected chi connectivity index (χ3v) is 2.52. The highest BCUT2D eigenvalue weighted by molar-refractivity contribution is 5.75. The highest BCUT2D eigenvalue weighted by Gasteiger charge is 2.43. The number of carboxylic acid groups (broad SMARTS) is 1. The van der Waals surface area contributed by atoms with Crippen molar-refractivity contribution in [1.29, 1.82) is 0 Å². The number of aliphatic carboxylic acids is 1. The molecule has 0 bridgehead atoms. The molecule has 1 aromatic rings. The van der Waals surface area contributed by atoms with E-state index < -0.39 is 54.4 Å². The van der Waals surface area contributed by atoms with Gasteiger partial charge in [0.25, 0.3) is 0 Å². The van der Waals surface area contributed by atoms with E-state index in [4.69, 9.17) is 5.11 Å². The minimum Gasteiger partial charge on any atom is -0.481 e. The van der Waals surface area contributed by atoms with Crippen LogP contribution in [0.4, 0.5) is 26.7 Å². The average molecular weight is 326 g/mol. The van der Waals surface area contributed by atoms with Gasteiger partial charge in [-0.25, -0.2) is 13.6 Å². The van der Waals surface area contributed by atoms with Gasteiger partial charge in [0, 0.05) is 12.1 Å². The van der Waals surface area contributed by atoms with Gasteiger partial charge in [-0.05, 0) is 6.07 Å². The second-order valence-electron chi connectivity index (χ2n) is 4.16. The Bertz CT molecular complexity index is 562. The zero-order valence-corrected chi connectivity index (χ0v) is 10.9. The van der Waals surface area contributed by atoms with Crippen molar-refractivity contribution in [2.45, 2.75) is 18.6 Å². The second kappa shape index (κ2) is 7.05. The number of nitrogens with one attached hydrogen (secondary N) is 2. The Morgan fingerprint density at radius 2 is 1.86 bits per heavy atom. The summed E-state index contributed by atoms with van der Waals surface area (Å²) in [5, 5.41) is 11.7. The van der Waals surface area contributed by atoms with Crippen molar-refractivity contribution in [3.8, 4) is 0 Å². The molecule has 1 atom stereocenters. The van der Waals surface area contributed by atoms with Crippen LogP contribution in [0.2, 0.25) is 0 Å². The molecule has 0 aliphatic heterocycles. The molecule has 0 aliphatic rings. The lowest BCUT2D eigenvalue weighted by molar-refractivity contribution is -0.155. The molecule has 3 N–H and O–H groups in total. The quantitative estimate of drug-likeness (QED) is 0.727. The molecule has 1 aromatic carbocycles. The first-order valence-electron chi connectivity index (χ1n) is 5.89. The third kappa shape index (κ3) is 4.86. The SMILES string of the molecule is O=C(O)CCNC(=O)NC(c1cccc(F)c1F)C(F)(F)F. The zero-order chi connectivity index (χ0) is 16.9. The van der Waals surface area contributed by atoms with Crippen LogP contribution in [0, 0.1) is 11.6 Å². The maximum Gasteiger partial charge on any atom is 0.413 e. The van der Waals surface area contributed by atoms with Crippen LogP contribution < -0.4 is 10.6 Å². The van der Waals surface area contributed by atoms with Crippen LogP contribution in [0.1, 0.15) is 18.0 Å². The predicted molar refractivity (Wildman–Crippen MR) is 63.9 cm³/mol. The van der Waals surface area contributed by atoms with Crippen LogP contribution in [0.25, 0.3) is 0 Å². The van der Waals surface area contributed by atoms with Crippen LogP contribution in [-0.4, -0.2) is 29.8 Å². The first-order chi connectivity index (χ1) is 10.1. The zero-order valence-electron chi connectivity index (χ0n) is 10.9. The number of benzene rings is 1. The van der Waals surface area contributed by atoms with Crippen LogP contribution in [0.5, 0.6) is 0 Å². The number of alkyl halides is 3. The summed E-state index contributed by atoms with van der Waals surface area (Å²) in [5.74, 6) is -4.47. The maximum absolute atomic E-state index is 13.5. The van der Waals surface area contributed by atoms with Crippen molar-refractivity contribution in [3.63, 3.8) is 0 Å². The largest absolute Gasteiger partial charge is 0.481 e. The predicted octanol–water partition coefficient (Wildman–Crippen LogP) is 2.34. The van der Waals surface area contributed by atoms with Crippen molar-refractivity contribution in [1.82, 2.24) is 10.6 Å². The first kappa shape index (κ1) is 17.7. The van der Waals surface area contributed by atoms with Crippen molar-refractivity contribution in [2.24, 2.45) is 0 Å². The Kier molecular flexibility index (Phi) is 5.66. The molecule has 0 fully saturated rings. The summed E-state index contributed by atoms with van der Waals surface area (Å²) in [6.07, 6.45) is -5.57. The summed E-state index contributed by atoms with van der Waals surface area (Å²) in [6.45, 7) is -0.419. The number of carboxylic acids is 1. The van der Waals surface area contributed by atoms with Gasteiger partial charge in [0.15, 0.2) is 17.7 Å². The fraction of sp³-hybridized carbons (Fsp3) is 0.333. The van der Waals surface area contributed by atoms with Crippen molar-refractivity contribution in [3.05, 3.63) is 35.4 Å². The van der Waals surface area contributed by atoms with E-state index in [2.05, 4.69) is 0 Å². The Morgan fingerprint density at radius 3 is 2.41 bits per heavy atom.